The Morgan fingerprint density at radius 2 is 1.88 bits per heavy atom. The molecule has 0 aromatic heterocycles. The molecule has 1 saturated heterocycles. The first-order valence-corrected chi connectivity index (χ1v) is 6.03. The molecule has 9 heteroatoms. The molecule has 92 valence electrons. The summed E-state index contributed by atoms with van der Waals surface area (Å²) in [6, 6.07) is -0.993. The van der Waals surface area contributed by atoms with E-state index in [0.29, 0.717) is 0 Å². The van der Waals surface area contributed by atoms with E-state index >= 15 is 0 Å². The van der Waals surface area contributed by atoms with Gasteiger partial charge in [0.2, 0.25) is 0 Å². The number of ether oxygens (including phenoxy) is 1. The average molecular weight is 252 g/mol. The lowest BCUT2D eigenvalue weighted by Gasteiger charge is -2.18. The summed E-state index contributed by atoms with van der Waals surface area (Å²) in [5, 5.41) is 18.8. The van der Waals surface area contributed by atoms with E-state index in [1.165, 1.54) is 0 Å². The Morgan fingerprint density at radius 3 is 2.25 bits per heavy atom. The van der Waals surface area contributed by atoms with E-state index in [0.717, 1.165) is 14.2 Å². The first kappa shape index (κ1) is 14.1. The van der Waals surface area contributed by atoms with Crippen molar-refractivity contribution in [3.05, 3.63) is 0 Å². The molecule has 16 heavy (non-hydrogen) atoms. The summed E-state index contributed by atoms with van der Waals surface area (Å²) < 4.78 is 30.3. The number of hydrogen-bond donors (Lipinski definition) is 2. The van der Waals surface area contributed by atoms with Crippen molar-refractivity contribution in [1.29, 1.82) is 0 Å². The fraction of sp³-hybridized carbons (Fsp3) is 1.00. The molecule has 1 aliphatic rings. The maximum atomic E-state index is 11.5. The Hall–Kier alpha value is 0.0549. The minimum absolute atomic E-state index is 0.259. The van der Waals surface area contributed by atoms with Crippen LogP contribution in [0.5, 0.6) is 0 Å². The molecule has 1 aliphatic heterocycles. The maximum Gasteiger partial charge on any atom is 0.474 e. The van der Waals surface area contributed by atoms with Crippen molar-refractivity contribution in [3.63, 3.8) is 0 Å². The summed E-state index contributed by atoms with van der Waals surface area (Å²) in [6.45, 7) is -0.259. The topological polar surface area (TPSA) is 94.5 Å². The molecule has 1 fully saturated rings. The zero-order valence-electron chi connectivity index (χ0n) is 8.98. The van der Waals surface area contributed by atoms with Gasteiger partial charge in [-0.3, -0.25) is 13.6 Å². The van der Waals surface area contributed by atoms with Gasteiger partial charge in [0.15, 0.2) is 0 Å². The summed E-state index contributed by atoms with van der Waals surface area (Å²) >= 11 is 0. The summed E-state index contributed by atoms with van der Waals surface area (Å²) in [6.07, 6.45) is -3.26. The average Bonchev–Trinajstić information content (AvgIpc) is 2.54. The number of phosphoric acid groups is 1. The molecule has 0 spiro atoms. The van der Waals surface area contributed by atoms with Gasteiger partial charge in [-0.2, -0.15) is 0 Å². The molecule has 4 atom stereocenters. The summed E-state index contributed by atoms with van der Waals surface area (Å²) in [4.78, 5) is 0. The van der Waals surface area contributed by atoms with Crippen LogP contribution in [0.3, 0.4) is 0 Å². The van der Waals surface area contributed by atoms with Crippen LogP contribution in [0.1, 0.15) is 0 Å². The van der Waals surface area contributed by atoms with Crippen LogP contribution < -0.4 is 0 Å². The fourth-order valence-corrected chi connectivity index (χ4v) is 1.95. The smallest absolute Gasteiger partial charge is 0.388 e. The monoisotopic (exact) mass is 252 g/mol. The van der Waals surface area contributed by atoms with Crippen molar-refractivity contribution in [2.75, 3.05) is 20.8 Å². The van der Waals surface area contributed by atoms with Crippen molar-refractivity contribution < 1.29 is 33.1 Å². The number of aliphatic hydroxyl groups excluding tert-OH is 2. The molecule has 0 aromatic carbocycles. The third-order valence-electron chi connectivity index (χ3n) is 2.24. The van der Waals surface area contributed by atoms with E-state index in [-0.39, 0.29) is 6.61 Å². The second kappa shape index (κ2) is 5.60. The molecule has 0 aliphatic carbocycles. The predicted octanol–water partition coefficient (Wildman–Crippen LogP) is -0.981. The van der Waals surface area contributed by atoms with Crippen molar-refractivity contribution in [1.82, 2.24) is 0 Å². The highest BCUT2D eigenvalue weighted by Crippen LogP contribution is 2.47. The lowest BCUT2D eigenvalue weighted by atomic mass is 9.93. The van der Waals surface area contributed by atoms with Gasteiger partial charge >= 0.3 is 7.82 Å². The molecule has 0 saturated carbocycles. The quantitative estimate of drug-likeness (QED) is 0.479. The molecule has 0 bridgehead atoms. The number of rotatable bonds is 5. The van der Waals surface area contributed by atoms with E-state index < -0.39 is 32.1 Å². The zero-order chi connectivity index (χ0) is 12.3. The van der Waals surface area contributed by atoms with Gasteiger partial charge in [0.25, 0.3) is 0 Å². The van der Waals surface area contributed by atoms with Crippen molar-refractivity contribution >= 4 is 15.7 Å². The van der Waals surface area contributed by atoms with Crippen LogP contribution in [0, 0.1) is 0 Å². The Labute approximate surface area is 94.7 Å². The van der Waals surface area contributed by atoms with Crippen LogP contribution in [0.4, 0.5) is 0 Å². The standard InChI is InChI=1S/C7H14BO7P/c1-12-16(11,13-2)14-3-4-5(9)6(10)7(8)15-4/h4-7,9-10H,3H2,1-2H3/t4-,5?,6+,7-/m1/s1. The minimum atomic E-state index is -3.61. The van der Waals surface area contributed by atoms with Gasteiger partial charge in [0.05, 0.1) is 12.7 Å². The third kappa shape index (κ3) is 3.04. The van der Waals surface area contributed by atoms with Crippen molar-refractivity contribution in [2.24, 2.45) is 0 Å². The highest BCUT2D eigenvalue weighted by molar-refractivity contribution is 7.48. The lowest BCUT2D eigenvalue weighted by molar-refractivity contribution is -0.0113. The molecule has 1 rings (SSSR count). The van der Waals surface area contributed by atoms with E-state index in [2.05, 4.69) is 9.05 Å². The molecule has 7 nitrogen and oxygen atoms in total. The molecular formula is C7H14BO7P. The summed E-state index contributed by atoms with van der Waals surface area (Å²) in [7, 11) is 4.06. The van der Waals surface area contributed by atoms with E-state index in [4.69, 9.17) is 17.1 Å². The van der Waals surface area contributed by atoms with Gasteiger partial charge in [0, 0.05) is 20.2 Å². The van der Waals surface area contributed by atoms with E-state index in [1.54, 1.807) is 0 Å². The van der Waals surface area contributed by atoms with Gasteiger partial charge in [0.1, 0.15) is 20.1 Å². The molecular weight excluding hydrogens is 238 g/mol. The van der Waals surface area contributed by atoms with Crippen molar-refractivity contribution in [3.8, 4) is 0 Å². The van der Waals surface area contributed by atoms with Gasteiger partial charge in [-0.1, -0.05) is 0 Å². The van der Waals surface area contributed by atoms with Gasteiger partial charge in [-0.25, -0.2) is 4.57 Å². The van der Waals surface area contributed by atoms with Crippen LogP contribution in [-0.2, 0) is 22.9 Å². The number of phosphoric ester groups is 1. The number of aliphatic hydroxyl groups is 2. The summed E-state index contributed by atoms with van der Waals surface area (Å²) in [5.74, 6) is 0. The molecule has 1 unspecified atom stereocenters. The minimum Gasteiger partial charge on any atom is -0.388 e. The maximum absolute atomic E-state index is 11.5. The highest BCUT2D eigenvalue weighted by Gasteiger charge is 2.41. The molecule has 0 aromatic rings. The SMILES string of the molecule is [B][C@@H]1O[C@H](COP(=O)(OC)OC)C(O)[C@@H]1O. The zero-order valence-corrected chi connectivity index (χ0v) is 9.87. The van der Waals surface area contributed by atoms with E-state index in [9.17, 15) is 14.8 Å². The van der Waals surface area contributed by atoms with Crippen molar-refractivity contribution in [2.45, 2.75) is 24.3 Å². The molecule has 2 radical (unpaired) electrons. The fourth-order valence-electron chi connectivity index (χ4n) is 1.26. The second-order valence-electron chi connectivity index (χ2n) is 3.23. The van der Waals surface area contributed by atoms with Crippen LogP contribution in [0.15, 0.2) is 0 Å². The normalized spacial score (nSPS) is 35.5. The molecule has 0 amide bonds. The van der Waals surface area contributed by atoms with Gasteiger partial charge in [-0.15, -0.1) is 0 Å². The third-order valence-corrected chi connectivity index (χ3v) is 3.60. The largest absolute Gasteiger partial charge is 0.474 e. The summed E-state index contributed by atoms with van der Waals surface area (Å²) in [5.41, 5.74) is 0. The van der Waals surface area contributed by atoms with E-state index in [1.807, 2.05) is 0 Å². The van der Waals surface area contributed by atoms with Crippen LogP contribution in [0.2, 0.25) is 0 Å². The Kier molecular flexibility index (Phi) is 4.94. The predicted molar refractivity (Wildman–Crippen MR) is 54.0 cm³/mol. The number of hydrogen-bond acceptors (Lipinski definition) is 7. The lowest BCUT2D eigenvalue weighted by Crippen LogP contribution is -2.34. The highest BCUT2D eigenvalue weighted by atomic mass is 31.2. The van der Waals surface area contributed by atoms with Gasteiger partial charge in [-0.05, 0) is 0 Å². The van der Waals surface area contributed by atoms with Gasteiger partial charge < -0.3 is 14.9 Å². The first-order valence-electron chi connectivity index (χ1n) is 4.56. The van der Waals surface area contributed by atoms with Crippen LogP contribution in [0.25, 0.3) is 0 Å². The Balaban J connectivity index is 2.48. The molecule has 1 heterocycles. The molecule has 2 N–H and O–H groups in total. The van der Waals surface area contributed by atoms with Crippen LogP contribution in [-0.4, -0.2) is 63.2 Å². The van der Waals surface area contributed by atoms with Crippen LogP contribution >= 0.6 is 7.82 Å². The Morgan fingerprint density at radius 1 is 1.31 bits per heavy atom. The second-order valence-corrected chi connectivity index (χ2v) is 5.11. The first-order chi connectivity index (χ1) is 7.43. The Bertz CT molecular complexity index is 267.